The van der Waals surface area contributed by atoms with Gasteiger partial charge in [-0.3, -0.25) is 13.9 Å². The first kappa shape index (κ1) is 29.2. The molecule has 37 heavy (non-hydrogen) atoms. The van der Waals surface area contributed by atoms with Gasteiger partial charge in [-0.2, -0.15) is 0 Å². The lowest BCUT2D eigenvalue weighted by Gasteiger charge is -2.33. The normalized spacial score (nSPS) is 12.0. The van der Waals surface area contributed by atoms with E-state index in [0.717, 1.165) is 7.88 Å². The molecule has 0 aliphatic carbocycles. The van der Waals surface area contributed by atoms with Gasteiger partial charge >= 0.3 is 0 Å². The van der Waals surface area contributed by atoms with Gasteiger partial charge < -0.3 is 10.2 Å². The third-order valence-corrected chi connectivity index (χ3v) is 8.94. The molecule has 3 rings (SSSR count). The maximum atomic E-state index is 13.8. The van der Waals surface area contributed by atoms with Crippen LogP contribution in [0.1, 0.15) is 18.9 Å². The van der Waals surface area contributed by atoms with E-state index < -0.39 is 28.5 Å². The monoisotopic (exact) mass is 673 g/mol. The van der Waals surface area contributed by atoms with Crippen molar-refractivity contribution in [3.63, 3.8) is 0 Å². The molecule has 0 radical (unpaired) electrons. The van der Waals surface area contributed by atoms with E-state index in [4.69, 9.17) is 23.2 Å². The molecule has 0 heterocycles. The quantitative estimate of drug-likeness (QED) is 0.294. The maximum Gasteiger partial charge on any atom is 0.264 e. The Balaban J connectivity index is 2.05. The molecular weight excluding hydrogens is 648 g/mol. The summed E-state index contributed by atoms with van der Waals surface area (Å²) in [7, 11) is -2.60. The van der Waals surface area contributed by atoms with Gasteiger partial charge in [-0.1, -0.05) is 54.4 Å². The number of rotatable bonds is 10. The lowest BCUT2D eigenvalue weighted by atomic mass is 10.1. The molecule has 1 N–H and O–H groups in total. The van der Waals surface area contributed by atoms with Gasteiger partial charge in [-0.05, 0) is 83.1 Å². The molecule has 196 valence electrons. The lowest BCUT2D eigenvalue weighted by Crippen LogP contribution is -2.51. The van der Waals surface area contributed by atoms with Crippen LogP contribution in [0.5, 0.6) is 0 Å². The van der Waals surface area contributed by atoms with Crippen molar-refractivity contribution < 1.29 is 18.0 Å². The van der Waals surface area contributed by atoms with Crippen molar-refractivity contribution in [1.82, 2.24) is 10.2 Å². The van der Waals surface area contributed by atoms with Crippen LogP contribution in [0.15, 0.2) is 77.7 Å². The Hall–Kier alpha value is -2.34. The number of likely N-dealkylation sites (N-methyl/N-ethyl adjacent to an activating group) is 1. The summed E-state index contributed by atoms with van der Waals surface area (Å²) in [6, 6.07) is 18.9. The van der Waals surface area contributed by atoms with E-state index in [9.17, 15) is 18.0 Å². The van der Waals surface area contributed by atoms with Crippen LogP contribution < -0.4 is 9.62 Å². The van der Waals surface area contributed by atoms with Crippen LogP contribution >= 0.6 is 45.8 Å². The first-order chi connectivity index (χ1) is 17.6. The van der Waals surface area contributed by atoms with Gasteiger partial charge in [0.15, 0.2) is 0 Å². The summed E-state index contributed by atoms with van der Waals surface area (Å²) in [5, 5.41) is 3.27. The summed E-state index contributed by atoms with van der Waals surface area (Å²) in [6.07, 6.45) is 0.321. The van der Waals surface area contributed by atoms with Crippen LogP contribution in [0, 0.1) is 3.57 Å². The van der Waals surface area contributed by atoms with Gasteiger partial charge in [0.05, 0.1) is 20.6 Å². The highest BCUT2D eigenvalue weighted by atomic mass is 127. The van der Waals surface area contributed by atoms with Crippen LogP contribution in [-0.4, -0.2) is 44.8 Å². The van der Waals surface area contributed by atoms with Gasteiger partial charge in [-0.15, -0.1) is 0 Å². The summed E-state index contributed by atoms with van der Waals surface area (Å²) in [6.45, 7) is 1.31. The summed E-state index contributed by atoms with van der Waals surface area (Å²) < 4.78 is 29.4. The topological polar surface area (TPSA) is 86.8 Å². The number of nitrogens with zero attached hydrogens (tertiary/aromatic N) is 2. The number of carbonyl (C=O) groups is 2. The molecule has 2 amide bonds. The number of halogens is 3. The number of amides is 2. The Labute approximate surface area is 240 Å². The smallest absolute Gasteiger partial charge is 0.264 e. The molecule has 0 aliphatic rings. The molecule has 0 bridgehead atoms. The third-order valence-electron chi connectivity index (χ3n) is 5.69. The van der Waals surface area contributed by atoms with E-state index in [2.05, 4.69) is 27.9 Å². The number of carbonyl (C=O) groups excluding carboxylic acids is 2. The molecule has 0 fully saturated rings. The van der Waals surface area contributed by atoms with E-state index in [0.29, 0.717) is 27.7 Å². The SMILES string of the molecule is CCC(C(=O)NC)N(Cc1ccc(Cl)c(Cl)c1)C(=O)CN(c1ccc(I)cc1)S(=O)(=O)c1ccccc1. The van der Waals surface area contributed by atoms with Crippen molar-refractivity contribution in [3.8, 4) is 0 Å². The average molecular weight is 674 g/mol. The first-order valence-electron chi connectivity index (χ1n) is 11.4. The van der Waals surface area contributed by atoms with Crippen LogP contribution in [0.3, 0.4) is 0 Å². The van der Waals surface area contributed by atoms with Gasteiger partial charge in [-0.25, -0.2) is 8.42 Å². The summed E-state index contributed by atoms with van der Waals surface area (Å²) >= 11 is 14.4. The molecule has 3 aromatic carbocycles. The lowest BCUT2D eigenvalue weighted by molar-refractivity contribution is -0.140. The fourth-order valence-corrected chi connectivity index (χ4v) is 5.89. The molecular formula is C26H26Cl2IN3O4S. The molecule has 1 unspecified atom stereocenters. The highest BCUT2D eigenvalue weighted by Crippen LogP contribution is 2.27. The highest BCUT2D eigenvalue weighted by molar-refractivity contribution is 14.1. The second-order valence-corrected chi connectivity index (χ2v) is 12.0. The average Bonchev–Trinajstić information content (AvgIpc) is 2.89. The second-order valence-electron chi connectivity index (χ2n) is 8.11. The fraction of sp³-hybridized carbons (Fsp3) is 0.231. The van der Waals surface area contributed by atoms with Crippen LogP contribution in [0.25, 0.3) is 0 Å². The van der Waals surface area contributed by atoms with Crippen LogP contribution in [-0.2, 0) is 26.2 Å². The summed E-state index contributed by atoms with van der Waals surface area (Å²) in [4.78, 5) is 28.0. The van der Waals surface area contributed by atoms with E-state index in [1.165, 1.54) is 24.1 Å². The maximum absolute atomic E-state index is 13.8. The van der Waals surface area contributed by atoms with Crippen molar-refractivity contribution >= 4 is 73.3 Å². The zero-order valence-electron chi connectivity index (χ0n) is 20.2. The Bertz CT molecular complexity index is 1360. The number of benzene rings is 3. The molecule has 7 nitrogen and oxygen atoms in total. The Morgan fingerprint density at radius 3 is 2.19 bits per heavy atom. The minimum atomic E-state index is -4.09. The molecule has 11 heteroatoms. The fourth-order valence-electron chi connectivity index (χ4n) is 3.78. The molecule has 3 aromatic rings. The Morgan fingerprint density at radius 1 is 0.973 bits per heavy atom. The van der Waals surface area contributed by atoms with E-state index in [1.807, 2.05) is 0 Å². The van der Waals surface area contributed by atoms with Crippen molar-refractivity contribution in [2.75, 3.05) is 17.9 Å². The van der Waals surface area contributed by atoms with Crippen molar-refractivity contribution in [3.05, 3.63) is 92.0 Å². The Morgan fingerprint density at radius 2 is 1.62 bits per heavy atom. The van der Waals surface area contributed by atoms with Crippen molar-refractivity contribution in [1.29, 1.82) is 0 Å². The van der Waals surface area contributed by atoms with E-state index in [-0.39, 0.29) is 17.3 Å². The van der Waals surface area contributed by atoms with Crippen molar-refractivity contribution in [2.45, 2.75) is 30.8 Å². The predicted octanol–water partition coefficient (Wildman–Crippen LogP) is 5.35. The molecule has 0 saturated carbocycles. The van der Waals surface area contributed by atoms with Gasteiger partial charge in [0, 0.05) is 17.2 Å². The first-order valence-corrected chi connectivity index (χ1v) is 14.6. The molecule has 0 aliphatic heterocycles. The molecule has 0 aromatic heterocycles. The standard InChI is InChI=1S/C26H26Cl2IN3O4S/c1-3-24(26(34)30-2)31(16-18-9-14-22(27)23(28)15-18)25(33)17-32(20-12-10-19(29)11-13-20)37(35,36)21-7-5-4-6-8-21/h4-15,24H,3,16-17H2,1-2H3,(H,30,34). The van der Waals surface area contributed by atoms with Gasteiger partial charge in [0.25, 0.3) is 10.0 Å². The van der Waals surface area contributed by atoms with Gasteiger partial charge in [0.1, 0.15) is 12.6 Å². The molecule has 1 atom stereocenters. The van der Waals surface area contributed by atoms with E-state index >= 15 is 0 Å². The minimum Gasteiger partial charge on any atom is -0.357 e. The van der Waals surface area contributed by atoms with Crippen LogP contribution in [0.4, 0.5) is 5.69 Å². The molecule has 0 saturated heterocycles. The highest BCUT2D eigenvalue weighted by Gasteiger charge is 2.33. The van der Waals surface area contributed by atoms with Gasteiger partial charge in [0.2, 0.25) is 11.8 Å². The zero-order valence-corrected chi connectivity index (χ0v) is 24.7. The Kier molecular flexibility index (Phi) is 10.2. The minimum absolute atomic E-state index is 0.0353. The number of anilines is 1. The largest absolute Gasteiger partial charge is 0.357 e. The van der Waals surface area contributed by atoms with Crippen LogP contribution in [0.2, 0.25) is 10.0 Å². The number of sulfonamides is 1. The van der Waals surface area contributed by atoms with E-state index in [1.54, 1.807) is 67.6 Å². The van der Waals surface area contributed by atoms with Crippen molar-refractivity contribution in [2.24, 2.45) is 0 Å². The predicted molar refractivity (Wildman–Crippen MR) is 155 cm³/mol. The summed E-state index contributed by atoms with van der Waals surface area (Å²) in [5.74, 6) is -0.901. The zero-order chi connectivity index (χ0) is 27.2. The number of nitrogens with one attached hydrogen (secondary N) is 1. The number of hydrogen-bond acceptors (Lipinski definition) is 4. The summed E-state index contributed by atoms with van der Waals surface area (Å²) in [5.41, 5.74) is 0.983. The molecule has 0 spiro atoms. The second kappa shape index (κ2) is 12.9. The number of hydrogen-bond donors (Lipinski definition) is 1. The third kappa shape index (κ3) is 7.16.